The molecule has 1 aliphatic carbocycles. The van der Waals surface area contributed by atoms with Gasteiger partial charge in [-0.3, -0.25) is 5.43 Å². The highest BCUT2D eigenvalue weighted by atomic mass is 15.4. The molecule has 0 spiro atoms. The molecule has 1 saturated heterocycles. The first kappa shape index (κ1) is 13.0. The summed E-state index contributed by atoms with van der Waals surface area (Å²) in [6, 6.07) is 10.2. The molecule has 2 N–H and O–H groups in total. The SMILES string of the molecule is CCC1CC(c2nccn2C2Cc3ccccc3C2)NN1. The summed E-state index contributed by atoms with van der Waals surface area (Å²) in [5.74, 6) is 1.18. The van der Waals surface area contributed by atoms with E-state index in [1.54, 1.807) is 0 Å². The number of hydrogen-bond donors (Lipinski definition) is 2. The van der Waals surface area contributed by atoms with Crippen LogP contribution in [0.2, 0.25) is 0 Å². The van der Waals surface area contributed by atoms with Crippen LogP contribution in [0.3, 0.4) is 0 Å². The van der Waals surface area contributed by atoms with Gasteiger partial charge < -0.3 is 4.57 Å². The minimum Gasteiger partial charge on any atom is -0.330 e. The molecule has 1 aromatic carbocycles. The van der Waals surface area contributed by atoms with Gasteiger partial charge in [-0.1, -0.05) is 31.2 Å². The van der Waals surface area contributed by atoms with Crippen LogP contribution in [0.4, 0.5) is 0 Å². The van der Waals surface area contributed by atoms with Gasteiger partial charge in [-0.15, -0.1) is 0 Å². The molecule has 4 rings (SSSR count). The first-order valence-electron chi connectivity index (χ1n) is 7.95. The van der Waals surface area contributed by atoms with Crippen molar-refractivity contribution in [1.82, 2.24) is 20.4 Å². The van der Waals surface area contributed by atoms with Crippen molar-refractivity contribution in [3.8, 4) is 0 Å². The van der Waals surface area contributed by atoms with Crippen LogP contribution in [0.15, 0.2) is 36.7 Å². The first-order valence-corrected chi connectivity index (χ1v) is 7.95. The number of hydrogen-bond acceptors (Lipinski definition) is 3. The van der Waals surface area contributed by atoms with E-state index in [9.17, 15) is 0 Å². The number of imidazole rings is 1. The zero-order valence-electron chi connectivity index (χ0n) is 12.4. The van der Waals surface area contributed by atoms with E-state index in [2.05, 4.69) is 57.8 Å². The molecular formula is C17H22N4. The third-order valence-corrected chi connectivity index (χ3v) is 4.91. The third kappa shape index (κ3) is 2.28. The summed E-state index contributed by atoms with van der Waals surface area (Å²) in [6.45, 7) is 2.22. The van der Waals surface area contributed by atoms with Gasteiger partial charge in [-0.25, -0.2) is 10.4 Å². The second-order valence-corrected chi connectivity index (χ2v) is 6.21. The smallest absolute Gasteiger partial charge is 0.127 e. The summed E-state index contributed by atoms with van der Waals surface area (Å²) in [5, 5.41) is 0. The quantitative estimate of drug-likeness (QED) is 0.909. The second-order valence-electron chi connectivity index (χ2n) is 6.21. The monoisotopic (exact) mass is 282 g/mol. The van der Waals surface area contributed by atoms with Crippen molar-refractivity contribution < 1.29 is 0 Å². The van der Waals surface area contributed by atoms with Gasteiger partial charge in [-0.05, 0) is 36.8 Å². The molecule has 4 heteroatoms. The number of hydrazine groups is 1. The van der Waals surface area contributed by atoms with Crippen LogP contribution in [-0.4, -0.2) is 15.6 Å². The van der Waals surface area contributed by atoms with Gasteiger partial charge in [0.1, 0.15) is 5.82 Å². The van der Waals surface area contributed by atoms with Gasteiger partial charge in [0.15, 0.2) is 0 Å². The molecule has 4 nitrogen and oxygen atoms in total. The predicted molar refractivity (Wildman–Crippen MR) is 82.8 cm³/mol. The summed E-state index contributed by atoms with van der Waals surface area (Å²) < 4.78 is 2.39. The zero-order valence-corrected chi connectivity index (χ0v) is 12.4. The Hall–Kier alpha value is -1.65. The Morgan fingerprint density at radius 2 is 1.95 bits per heavy atom. The van der Waals surface area contributed by atoms with Crippen LogP contribution in [0, 0.1) is 0 Å². The lowest BCUT2D eigenvalue weighted by Gasteiger charge is -2.18. The molecule has 110 valence electrons. The van der Waals surface area contributed by atoms with Crippen molar-refractivity contribution in [3.05, 3.63) is 53.6 Å². The van der Waals surface area contributed by atoms with Crippen molar-refractivity contribution in [2.24, 2.45) is 0 Å². The molecule has 1 aromatic heterocycles. The summed E-state index contributed by atoms with van der Waals surface area (Å²) in [6.07, 6.45) is 8.60. The van der Waals surface area contributed by atoms with Crippen LogP contribution >= 0.6 is 0 Å². The number of benzene rings is 1. The Labute approximate surface area is 125 Å². The van der Waals surface area contributed by atoms with E-state index < -0.39 is 0 Å². The van der Waals surface area contributed by atoms with Gasteiger partial charge in [-0.2, -0.15) is 0 Å². The van der Waals surface area contributed by atoms with Crippen molar-refractivity contribution in [2.75, 3.05) is 0 Å². The van der Waals surface area contributed by atoms with Gasteiger partial charge in [0.05, 0.1) is 6.04 Å². The number of nitrogens with zero attached hydrogens (tertiary/aromatic N) is 2. The molecule has 2 heterocycles. The van der Waals surface area contributed by atoms with Crippen molar-refractivity contribution >= 4 is 0 Å². The van der Waals surface area contributed by atoms with Crippen molar-refractivity contribution in [1.29, 1.82) is 0 Å². The summed E-state index contributed by atoms with van der Waals surface area (Å²) in [7, 11) is 0. The van der Waals surface area contributed by atoms with Crippen molar-refractivity contribution in [3.63, 3.8) is 0 Å². The Balaban J connectivity index is 1.57. The predicted octanol–water partition coefficient (Wildman–Crippen LogP) is 2.54. The van der Waals surface area contributed by atoms with Crippen LogP contribution in [0.25, 0.3) is 0 Å². The average Bonchev–Trinajstić information content (AvgIpc) is 3.23. The van der Waals surface area contributed by atoms with Crippen LogP contribution < -0.4 is 10.9 Å². The van der Waals surface area contributed by atoms with E-state index in [0.29, 0.717) is 18.1 Å². The maximum Gasteiger partial charge on any atom is 0.127 e. The molecule has 2 atom stereocenters. The fourth-order valence-electron chi connectivity index (χ4n) is 3.70. The standard InChI is InChI=1S/C17H22N4/c1-2-14-11-16(20-19-14)17-18-7-8-21(17)15-9-12-5-3-4-6-13(12)10-15/h3-8,14-16,19-20H,2,9-11H2,1H3. The van der Waals surface area contributed by atoms with Gasteiger partial charge in [0.2, 0.25) is 0 Å². The maximum absolute atomic E-state index is 4.63. The molecular weight excluding hydrogens is 260 g/mol. The number of rotatable bonds is 3. The molecule has 2 aromatic rings. The second kappa shape index (κ2) is 5.28. The topological polar surface area (TPSA) is 41.9 Å². The summed E-state index contributed by atoms with van der Waals surface area (Å²) >= 11 is 0. The van der Waals surface area contributed by atoms with Crippen molar-refractivity contribution in [2.45, 2.75) is 50.7 Å². The van der Waals surface area contributed by atoms with E-state index in [4.69, 9.17) is 0 Å². The van der Waals surface area contributed by atoms with Crippen LogP contribution in [-0.2, 0) is 12.8 Å². The molecule has 0 bridgehead atoms. The lowest BCUT2D eigenvalue weighted by atomic mass is 10.1. The van der Waals surface area contributed by atoms with E-state index in [1.807, 2.05) is 6.20 Å². The lowest BCUT2D eigenvalue weighted by Crippen LogP contribution is -2.31. The number of fused-ring (bicyclic) bond motifs is 1. The van der Waals surface area contributed by atoms with E-state index in [1.165, 1.54) is 17.0 Å². The normalized spacial score (nSPS) is 25.4. The minimum atomic E-state index is 0.327. The molecule has 0 saturated carbocycles. The Bertz CT molecular complexity index is 608. The highest BCUT2D eigenvalue weighted by molar-refractivity contribution is 5.33. The Kier molecular flexibility index (Phi) is 3.28. The fourth-order valence-corrected chi connectivity index (χ4v) is 3.70. The largest absolute Gasteiger partial charge is 0.330 e. The molecule has 0 amide bonds. The molecule has 2 unspecified atom stereocenters. The van der Waals surface area contributed by atoms with Crippen LogP contribution in [0.5, 0.6) is 0 Å². The lowest BCUT2D eigenvalue weighted by molar-refractivity contribution is 0.459. The number of nitrogens with one attached hydrogen (secondary N) is 2. The summed E-state index contributed by atoms with van der Waals surface area (Å²) in [5.41, 5.74) is 9.77. The van der Waals surface area contributed by atoms with Gasteiger partial charge in [0, 0.05) is 24.5 Å². The van der Waals surface area contributed by atoms with Crippen LogP contribution in [0.1, 0.15) is 48.8 Å². The molecule has 1 aliphatic heterocycles. The highest BCUT2D eigenvalue weighted by Gasteiger charge is 2.30. The first-order chi connectivity index (χ1) is 10.3. The molecule has 0 radical (unpaired) electrons. The molecule has 2 aliphatic rings. The van der Waals surface area contributed by atoms with Gasteiger partial charge >= 0.3 is 0 Å². The Morgan fingerprint density at radius 1 is 1.19 bits per heavy atom. The third-order valence-electron chi connectivity index (χ3n) is 4.91. The molecule has 21 heavy (non-hydrogen) atoms. The van der Waals surface area contributed by atoms with Gasteiger partial charge in [0.25, 0.3) is 0 Å². The van der Waals surface area contributed by atoms with E-state index in [-0.39, 0.29) is 0 Å². The minimum absolute atomic E-state index is 0.327. The summed E-state index contributed by atoms with van der Waals surface area (Å²) in [4.78, 5) is 4.63. The fraction of sp³-hybridized carbons (Fsp3) is 0.471. The zero-order chi connectivity index (χ0) is 14.2. The van der Waals surface area contributed by atoms with E-state index >= 15 is 0 Å². The van der Waals surface area contributed by atoms with E-state index in [0.717, 1.165) is 25.7 Å². The molecule has 1 fully saturated rings. The highest BCUT2D eigenvalue weighted by Crippen LogP contribution is 2.33. The average molecular weight is 282 g/mol. The Morgan fingerprint density at radius 3 is 2.62 bits per heavy atom. The maximum atomic E-state index is 4.63. The number of aromatic nitrogens is 2.